The number of hydrogen-bond donors (Lipinski definition) is 1. The molecule has 1 fully saturated rings. The molecule has 0 aliphatic carbocycles. The van der Waals surface area contributed by atoms with E-state index in [1.54, 1.807) is 28.8 Å². The highest BCUT2D eigenvalue weighted by Crippen LogP contribution is 2.21. The van der Waals surface area contributed by atoms with E-state index in [2.05, 4.69) is 20.6 Å². The van der Waals surface area contributed by atoms with Gasteiger partial charge in [0.1, 0.15) is 10.8 Å². The van der Waals surface area contributed by atoms with Crippen molar-refractivity contribution in [3.8, 4) is 11.4 Å². The maximum absolute atomic E-state index is 13.5. The summed E-state index contributed by atoms with van der Waals surface area (Å²) in [7, 11) is 0. The van der Waals surface area contributed by atoms with Gasteiger partial charge in [0.15, 0.2) is 11.5 Å². The molecule has 9 heteroatoms. The van der Waals surface area contributed by atoms with Crippen LogP contribution in [0.2, 0.25) is 0 Å². The fourth-order valence-corrected chi connectivity index (χ4v) is 3.56. The molecule has 1 saturated heterocycles. The molecule has 140 valence electrons. The summed E-state index contributed by atoms with van der Waals surface area (Å²) in [6.45, 7) is 1.31. The summed E-state index contributed by atoms with van der Waals surface area (Å²) in [6.07, 6.45) is 2.16. The van der Waals surface area contributed by atoms with Gasteiger partial charge < -0.3 is 10.1 Å². The van der Waals surface area contributed by atoms with E-state index in [1.165, 1.54) is 23.9 Å². The van der Waals surface area contributed by atoms with Crippen molar-refractivity contribution in [3.63, 3.8) is 0 Å². The smallest absolute Gasteiger partial charge is 0.230 e. The van der Waals surface area contributed by atoms with E-state index in [0.717, 1.165) is 19.4 Å². The number of halogens is 1. The zero-order chi connectivity index (χ0) is 18.6. The number of carbonyl (C=O) groups excluding carboxylic acids is 1. The quantitative estimate of drug-likeness (QED) is 0.654. The number of thioether (sulfide) groups is 1. The second kappa shape index (κ2) is 8.01. The fourth-order valence-electron chi connectivity index (χ4n) is 2.88. The topological polar surface area (TPSA) is 81.4 Å². The maximum atomic E-state index is 13.5. The molecule has 3 aromatic rings. The Kier molecular flexibility index (Phi) is 5.30. The Labute approximate surface area is 159 Å². The number of ether oxygens (including phenoxy) is 1. The van der Waals surface area contributed by atoms with Crippen molar-refractivity contribution in [2.24, 2.45) is 0 Å². The molecule has 0 spiro atoms. The largest absolute Gasteiger partial charge is 0.376 e. The second-order valence-corrected chi connectivity index (χ2v) is 7.20. The molecule has 1 aliphatic heterocycles. The summed E-state index contributed by atoms with van der Waals surface area (Å²) in [5.74, 6) is 0.293. The Balaban J connectivity index is 1.43. The standard InChI is InChI=1S/C18H18FN5O2S/c19-13-4-1-3-12(9-13)18-22-21-15-6-7-17(23-24(15)18)27-11-16(25)20-10-14-5-2-8-26-14/h1,3-4,6-7,9,14H,2,5,8,10-11H2,(H,20,25)/t14-/m1/s1. The number of hydrogen-bond acceptors (Lipinski definition) is 6. The van der Waals surface area contributed by atoms with Crippen molar-refractivity contribution in [2.45, 2.75) is 24.0 Å². The van der Waals surface area contributed by atoms with Crippen molar-refractivity contribution in [2.75, 3.05) is 18.9 Å². The summed E-state index contributed by atoms with van der Waals surface area (Å²) < 4.78 is 20.5. The molecule has 2 aromatic heterocycles. The third kappa shape index (κ3) is 4.25. The van der Waals surface area contributed by atoms with Gasteiger partial charge in [-0.1, -0.05) is 23.9 Å². The number of nitrogens with one attached hydrogen (secondary N) is 1. The third-order valence-corrected chi connectivity index (χ3v) is 5.14. The zero-order valence-corrected chi connectivity index (χ0v) is 15.3. The number of amides is 1. The summed E-state index contributed by atoms with van der Waals surface area (Å²) in [6, 6.07) is 9.68. The van der Waals surface area contributed by atoms with Crippen LogP contribution in [0.25, 0.3) is 17.0 Å². The molecule has 1 aromatic carbocycles. The number of nitrogens with zero attached hydrogens (tertiary/aromatic N) is 4. The van der Waals surface area contributed by atoms with Gasteiger partial charge in [-0.3, -0.25) is 4.79 Å². The average Bonchev–Trinajstić information content (AvgIpc) is 3.34. The highest BCUT2D eigenvalue weighted by atomic mass is 32.2. The molecule has 27 heavy (non-hydrogen) atoms. The van der Waals surface area contributed by atoms with Crippen LogP contribution in [0.1, 0.15) is 12.8 Å². The summed E-state index contributed by atoms with van der Waals surface area (Å²) in [4.78, 5) is 12.0. The van der Waals surface area contributed by atoms with Crippen LogP contribution in [-0.2, 0) is 9.53 Å². The Hall–Kier alpha value is -2.52. The Morgan fingerprint density at radius 2 is 2.26 bits per heavy atom. The highest BCUT2D eigenvalue weighted by Gasteiger charge is 2.16. The van der Waals surface area contributed by atoms with E-state index in [-0.39, 0.29) is 23.6 Å². The van der Waals surface area contributed by atoms with Crippen molar-refractivity contribution in [1.82, 2.24) is 25.1 Å². The first-order valence-corrected chi connectivity index (χ1v) is 9.67. The monoisotopic (exact) mass is 387 g/mol. The minimum Gasteiger partial charge on any atom is -0.376 e. The fraction of sp³-hybridized carbons (Fsp3) is 0.333. The van der Waals surface area contributed by atoms with Gasteiger partial charge in [0, 0.05) is 18.7 Å². The number of rotatable bonds is 6. The van der Waals surface area contributed by atoms with Gasteiger partial charge in [0.25, 0.3) is 0 Å². The molecule has 0 bridgehead atoms. The van der Waals surface area contributed by atoms with E-state index >= 15 is 0 Å². The molecule has 1 aliphatic rings. The van der Waals surface area contributed by atoms with Crippen molar-refractivity contribution >= 4 is 23.3 Å². The second-order valence-electron chi connectivity index (χ2n) is 6.20. The molecule has 0 unspecified atom stereocenters. The Bertz CT molecular complexity index is 958. The first-order valence-electron chi connectivity index (χ1n) is 8.68. The minimum absolute atomic E-state index is 0.0634. The van der Waals surface area contributed by atoms with E-state index in [9.17, 15) is 9.18 Å². The van der Waals surface area contributed by atoms with Crippen LogP contribution in [0.4, 0.5) is 4.39 Å². The van der Waals surface area contributed by atoms with Crippen molar-refractivity contribution in [1.29, 1.82) is 0 Å². The number of aromatic nitrogens is 4. The molecule has 0 radical (unpaired) electrons. The van der Waals surface area contributed by atoms with Crippen LogP contribution in [-0.4, -0.2) is 50.7 Å². The normalized spacial score (nSPS) is 16.7. The van der Waals surface area contributed by atoms with Gasteiger partial charge in [-0.05, 0) is 37.1 Å². The van der Waals surface area contributed by atoms with Crippen LogP contribution >= 0.6 is 11.8 Å². The van der Waals surface area contributed by atoms with Crippen molar-refractivity contribution in [3.05, 3.63) is 42.2 Å². The highest BCUT2D eigenvalue weighted by molar-refractivity contribution is 7.99. The molecule has 4 rings (SSSR count). The zero-order valence-electron chi connectivity index (χ0n) is 14.5. The van der Waals surface area contributed by atoms with Gasteiger partial charge in [0.2, 0.25) is 5.91 Å². The predicted molar refractivity (Wildman–Crippen MR) is 98.9 cm³/mol. The van der Waals surface area contributed by atoms with Crippen molar-refractivity contribution < 1.29 is 13.9 Å². The number of benzene rings is 1. The Morgan fingerprint density at radius 3 is 3.07 bits per heavy atom. The third-order valence-electron chi connectivity index (χ3n) is 4.22. The van der Waals surface area contributed by atoms with Crippen LogP contribution in [0, 0.1) is 5.82 Å². The minimum atomic E-state index is -0.349. The Morgan fingerprint density at radius 1 is 1.33 bits per heavy atom. The van der Waals surface area contributed by atoms with E-state index in [0.29, 0.717) is 28.6 Å². The predicted octanol–water partition coefficient (Wildman–Crippen LogP) is 2.32. The first kappa shape index (κ1) is 17.9. The summed E-state index contributed by atoms with van der Waals surface area (Å²) in [5, 5.41) is 16.2. The van der Waals surface area contributed by atoms with Gasteiger partial charge >= 0.3 is 0 Å². The molecule has 3 heterocycles. The lowest BCUT2D eigenvalue weighted by atomic mass is 10.2. The number of carbonyl (C=O) groups is 1. The van der Waals surface area contributed by atoms with Gasteiger partial charge in [-0.2, -0.15) is 9.61 Å². The van der Waals surface area contributed by atoms with Crippen LogP contribution in [0.5, 0.6) is 0 Å². The van der Waals surface area contributed by atoms with E-state index in [4.69, 9.17) is 4.74 Å². The molecular formula is C18H18FN5O2S. The molecule has 0 saturated carbocycles. The lowest BCUT2D eigenvalue weighted by molar-refractivity contribution is -0.119. The molecule has 7 nitrogen and oxygen atoms in total. The SMILES string of the molecule is O=C(CSc1ccc2nnc(-c3cccc(F)c3)n2n1)NC[C@H]1CCCO1. The lowest BCUT2D eigenvalue weighted by Gasteiger charge is -2.10. The van der Waals surface area contributed by atoms with Gasteiger partial charge in [0.05, 0.1) is 11.9 Å². The van der Waals surface area contributed by atoms with Crippen LogP contribution in [0.15, 0.2) is 41.4 Å². The van der Waals surface area contributed by atoms with Gasteiger partial charge in [-0.15, -0.1) is 10.2 Å². The summed E-state index contributed by atoms with van der Waals surface area (Å²) >= 11 is 1.32. The molecule has 1 N–H and O–H groups in total. The molecular weight excluding hydrogens is 369 g/mol. The molecule has 1 amide bonds. The van der Waals surface area contributed by atoms with E-state index < -0.39 is 0 Å². The molecule has 1 atom stereocenters. The lowest BCUT2D eigenvalue weighted by Crippen LogP contribution is -2.32. The maximum Gasteiger partial charge on any atom is 0.230 e. The average molecular weight is 387 g/mol. The summed E-state index contributed by atoms with van der Waals surface area (Å²) in [5.41, 5.74) is 1.15. The first-order chi connectivity index (χ1) is 13.2. The van der Waals surface area contributed by atoms with Crippen LogP contribution in [0.3, 0.4) is 0 Å². The van der Waals surface area contributed by atoms with E-state index in [1.807, 2.05) is 0 Å². The van der Waals surface area contributed by atoms with Crippen LogP contribution < -0.4 is 5.32 Å². The number of fused-ring (bicyclic) bond motifs is 1. The van der Waals surface area contributed by atoms with Gasteiger partial charge in [-0.25, -0.2) is 4.39 Å².